The van der Waals surface area contributed by atoms with E-state index in [9.17, 15) is 4.79 Å². The Balaban J connectivity index is 1.27. The molecule has 0 amide bonds. The Kier molecular flexibility index (Phi) is 5.40. The van der Waals surface area contributed by atoms with Crippen molar-refractivity contribution in [2.45, 2.75) is 59.5 Å². The first-order chi connectivity index (χ1) is 14.8. The number of ether oxygens (including phenoxy) is 1. The summed E-state index contributed by atoms with van der Waals surface area (Å²) in [5, 5.41) is 0. The number of allylic oxidation sites excluding steroid dienone is 1. The topological polar surface area (TPSA) is 32.8 Å². The van der Waals surface area contributed by atoms with Crippen LogP contribution in [0.1, 0.15) is 50.7 Å². The normalized spacial score (nSPS) is 35.9. The van der Waals surface area contributed by atoms with Gasteiger partial charge in [0.25, 0.3) is 0 Å². The van der Waals surface area contributed by atoms with Gasteiger partial charge in [0.1, 0.15) is 6.10 Å². The molecule has 4 nitrogen and oxygen atoms in total. The van der Waals surface area contributed by atoms with Gasteiger partial charge in [0.15, 0.2) is 0 Å². The third-order valence-electron chi connectivity index (χ3n) is 8.61. The van der Waals surface area contributed by atoms with Crippen molar-refractivity contribution in [1.82, 2.24) is 4.90 Å². The van der Waals surface area contributed by atoms with Gasteiger partial charge in [-0.15, -0.1) is 0 Å². The van der Waals surface area contributed by atoms with E-state index in [0.717, 1.165) is 39.1 Å². The van der Waals surface area contributed by atoms with E-state index in [0.29, 0.717) is 5.92 Å². The molecule has 1 aromatic rings. The van der Waals surface area contributed by atoms with Gasteiger partial charge in [0.05, 0.1) is 5.92 Å². The summed E-state index contributed by atoms with van der Waals surface area (Å²) in [4.78, 5) is 17.9. The van der Waals surface area contributed by atoms with Crippen LogP contribution in [0.3, 0.4) is 0 Å². The maximum absolute atomic E-state index is 12.9. The molecule has 0 bridgehead atoms. The number of fused-ring (bicyclic) bond motifs is 2. The third kappa shape index (κ3) is 3.82. The summed E-state index contributed by atoms with van der Waals surface area (Å²) < 4.78 is 5.97. The maximum atomic E-state index is 12.9. The van der Waals surface area contributed by atoms with Gasteiger partial charge in [0.2, 0.25) is 0 Å². The van der Waals surface area contributed by atoms with Crippen molar-refractivity contribution >= 4 is 11.7 Å². The molecule has 5 rings (SSSR count). The zero-order valence-corrected chi connectivity index (χ0v) is 19.7. The zero-order chi connectivity index (χ0) is 21.8. The Morgan fingerprint density at radius 3 is 2.71 bits per heavy atom. The lowest BCUT2D eigenvalue weighted by Gasteiger charge is -2.46. The summed E-state index contributed by atoms with van der Waals surface area (Å²) in [6.45, 7) is 14.1. The number of hydrogen-bond acceptors (Lipinski definition) is 4. The number of rotatable bonds is 3. The van der Waals surface area contributed by atoms with Gasteiger partial charge < -0.3 is 9.64 Å². The predicted molar refractivity (Wildman–Crippen MR) is 125 cm³/mol. The SMILES string of the molecule is Cc1ccc(C)c(N2CCN(C[C@@H]3C(=O)O[C@@H]4C[C@@]5(C)CCC[C@H](C)C5=C[C@@H]34)CC2)c1. The summed E-state index contributed by atoms with van der Waals surface area (Å²) in [5.41, 5.74) is 5.88. The Morgan fingerprint density at radius 1 is 1.16 bits per heavy atom. The molecule has 4 aliphatic rings. The first-order valence-electron chi connectivity index (χ1n) is 12.3. The molecule has 31 heavy (non-hydrogen) atoms. The van der Waals surface area contributed by atoms with Gasteiger partial charge in [-0.3, -0.25) is 9.69 Å². The molecule has 1 saturated carbocycles. The van der Waals surface area contributed by atoms with E-state index in [-0.39, 0.29) is 29.3 Å². The van der Waals surface area contributed by atoms with Crippen LogP contribution in [0.4, 0.5) is 5.69 Å². The molecule has 0 N–H and O–H groups in total. The maximum Gasteiger partial charge on any atom is 0.311 e. The van der Waals surface area contributed by atoms with Crippen molar-refractivity contribution in [2.75, 3.05) is 37.6 Å². The molecule has 2 saturated heterocycles. The predicted octanol–water partition coefficient (Wildman–Crippen LogP) is 4.74. The lowest BCUT2D eigenvalue weighted by atomic mass is 9.59. The fourth-order valence-corrected chi connectivity index (χ4v) is 6.77. The van der Waals surface area contributed by atoms with Crippen molar-refractivity contribution < 1.29 is 9.53 Å². The van der Waals surface area contributed by atoms with Crippen LogP contribution in [0.25, 0.3) is 0 Å². The molecule has 4 heteroatoms. The molecule has 5 atom stereocenters. The molecule has 1 aromatic carbocycles. The molecule has 168 valence electrons. The Bertz CT molecular complexity index is 885. The minimum atomic E-state index is 0.00318. The number of aryl methyl sites for hydroxylation is 2. The van der Waals surface area contributed by atoms with Crippen LogP contribution in [-0.2, 0) is 9.53 Å². The van der Waals surface area contributed by atoms with Gasteiger partial charge in [-0.25, -0.2) is 0 Å². The average molecular weight is 423 g/mol. The van der Waals surface area contributed by atoms with E-state index in [2.05, 4.69) is 61.8 Å². The number of carbonyl (C=O) groups is 1. The van der Waals surface area contributed by atoms with E-state index >= 15 is 0 Å². The average Bonchev–Trinajstić information content (AvgIpc) is 3.02. The Hall–Kier alpha value is -1.81. The third-order valence-corrected chi connectivity index (χ3v) is 8.61. The number of hydrogen-bond donors (Lipinski definition) is 0. The van der Waals surface area contributed by atoms with Crippen molar-refractivity contribution in [2.24, 2.45) is 23.2 Å². The summed E-state index contributed by atoms with van der Waals surface area (Å²) in [7, 11) is 0. The molecule has 0 radical (unpaired) electrons. The van der Waals surface area contributed by atoms with Crippen LogP contribution in [0.5, 0.6) is 0 Å². The highest BCUT2D eigenvalue weighted by Gasteiger charge is 2.52. The Morgan fingerprint density at radius 2 is 1.94 bits per heavy atom. The highest BCUT2D eigenvalue weighted by molar-refractivity contribution is 5.76. The van der Waals surface area contributed by atoms with E-state index in [4.69, 9.17) is 4.74 Å². The monoisotopic (exact) mass is 422 g/mol. The minimum absolute atomic E-state index is 0.00318. The fraction of sp³-hybridized carbons (Fsp3) is 0.667. The van der Waals surface area contributed by atoms with E-state index < -0.39 is 0 Å². The number of anilines is 1. The number of nitrogens with zero attached hydrogens (tertiary/aromatic N) is 2. The number of esters is 1. The highest BCUT2D eigenvalue weighted by Crippen LogP contribution is 2.54. The first kappa shape index (κ1) is 21.1. The molecular formula is C27H38N2O2. The van der Waals surface area contributed by atoms with Crippen molar-refractivity contribution in [1.29, 1.82) is 0 Å². The second kappa shape index (κ2) is 7.95. The fourth-order valence-electron chi connectivity index (χ4n) is 6.77. The highest BCUT2D eigenvalue weighted by atomic mass is 16.6. The molecule has 2 aliphatic carbocycles. The second-order valence-corrected chi connectivity index (χ2v) is 10.9. The van der Waals surface area contributed by atoms with Crippen LogP contribution in [0.2, 0.25) is 0 Å². The van der Waals surface area contributed by atoms with Gasteiger partial charge >= 0.3 is 5.97 Å². The minimum Gasteiger partial charge on any atom is -0.461 e. The van der Waals surface area contributed by atoms with Crippen LogP contribution in [-0.4, -0.2) is 49.7 Å². The van der Waals surface area contributed by atoms with Crippen molar-refractivity contribution in [3.63, 3.8) is 0 Å². The number of piperazine rings is 1. The standard InChI is InChI=1S/C27H38N2O2/c1-18-7-8-20(3)24(14-18)29-12-10-28(11-13-29)17-22-21-15-23-19(2)6-5-9-27(23,4)16-25(21)31-26(22)30/h7-8,14-15,19,21-22,25H,5-6,9-13,16-17H2,1-4H3/t19-,21-,22-,25+,27+/m0/s1. The molecule has 0 unspecified atom stereocenters. The molecule has 0 aromatic heterocycles. The largest absolute Gasteiger partial charge is 0.461 e. The van der Waals surface area contributed by atoms with Gasteiger partial charge in [-0.2, -0.15) is 0 Å². The van der Waals surface area contributed by atoms with Gasteiger partial charge in [-0.05, 0) is 61.6 Å². The van der Waals surface area contributed by atoms with E-state index in [1.54, 1.807) is 5.57 Å². The first-order valence-corrected chi connectivity index (χ1v) is 12.3. The number of carbonyl (C=O) groups excluding carboxylic acids is 1. The number of benzene rings is 1. The molecule has 2 heterocycles. The molecular weight excluding hydrogens is 384 g/mol. The smallest absolute Gasteiger partial charge is 0.311 e. The summed E-state index contributed by atoms with van der Waals surface area (Å²) in [5.74, 6) is 0.965. The second-order valence-electron chi connectivity index (χ2n) is 10.9. The molecule has 0 spiro atoms. The van der Waals surface area contributed by atoms with Crippen molar-refractivity contribution in [3.8, 4) is 0 Å². The Labute approximate surface area is 187 Å². The lowest BCUT2D eigenvalue weighted by molar-refractivity contribution is -0.145. The van der Waals surface area contributed by atoms with E-state index in [1.807, 2.05) is 0 Å². The molecule has 3 fully saturated rings. The molecule has 2 aliphatic heterocycles. The lowest BCUT2D eigenvalue weighted by Crippen LogP contribution is -2.49. The van der Waals surface area contributed by atoms with Crippen LogP contribution in [0, 0.1) is 37.0 Å². The van der Waals surface area contributed by atoms with Crippen LogP contribution in [0.15, 0.2) is 29.8 Å². The van der Waals surface area contributed by atoms with Crippen molar-refractivity contribution in [3.05, 3.63) is 41.0 Å². The summed E-state index contributed by atoms with van der Waals surface area (Å²) in [6, 6.07) is 6.72. The van der Waals surface area contributed by atoms with Gasteiger partial charge in [-0.1, -0.05) is 44.1 Å². The summed E-state index contributed by atoms with van der Waals surface area (Å²) in [6.07, 6.45) is 7.44. The van der Waals surface area contributed by atoms with Crippen LogP contribution >= 0.6 is 0 Å². The van der Waals surface area contributed by atoms with Crippen LogP contribution < -0.4 is 4.90 Å². The van der Waals surface area contributed by atoms with E-state index in [1.165, 1.54) is 36.1 Å². The zero-order valence-electron chi connectivity index (χ0n) is 19.7. The van der Waals surface area contributed by atoms with Gasteiger partial charge in [0, 0.05) is 44.3 Å². The summed E-state index contributed by atoms with van der Waals surface area (Å²) >= 11 is 0. The quantitative estimate of drug-likeness (QED) is 0.520.